The van der Waals surface area contributed by atoms with E-state index < -0.39 is 10.2 Å². The summed E-state index contributed by atoms with van der Waals surface area (Å²) in [6, 6.07) is -0.369. The molecule has 0 radical (unpaired) electrons. The predicted octanol–water partition coefficient (Wildman–Crippen LogP) is 0.807. The maximum Gasteiger partial charge on any atom is 0.279 e. The van der Waals surface area contributed by atoms with Crippen molar-refractivity contribution in [2.24, 2.45) is 5.92 Å². The molecule has 1 heterocycles. The molecule has 1 aliphatic rings. The number of methoxy groups -OCH3 is 1. The lowest BCUT2D eigenvalue weighted by molar-refractivity contribution is 0.179. The molecule has 0 aromatic carbocycles. The molecule has 0 aliphatic carbocycles. The highest BCUT2D eigenvalue weighted by atomic mass is 35.5. The van der Waals surface area contributed by atoms with Crippen LogP contribution in [-0.2, 0) is 14.9 Å². The van der Waals surface area contributed by atoms with E-state index in [1.807, 2.05) is 0 Å². The molecule has 102 valence electrons. The number of piperidine rings is 1. The van der Waals surface area contributed by atoms with Gasteiger partial charge in [-0.05, 0) is 18.8 Å². The van der Waals surface area contributed by atoms with Crippen LogP contribution in [0, 0.1) is 5.92 Å². The Labute approximate surface area is 109 Å². The van der Waals surface area contributed by atoms with E-state index in [1.165, 1.54) is 11.4 Å². The number of rotatable bonds is 6. The van der Waals surface area contributed by atoms with Crippen LogP contribution in [0.2, 0.25) is 0 Å². The summed E-state index contributed by atoms with van der Waals surface area (Å²) in [6.45, 7) is 3.59. The van der Waals surface area contributed by atoms with E-state index in [9.17, 15) is 8.42 Å². The highest BCUT2D eigenvalue weighted by molar-refractivity contribution is 7.87. The average Bonchev–Trinajstić information content (AvgIpc) is 2.28. The van der Waals surface area contributed by atoms with Crippen LogP contribution in [0.1, 0.15) is 19.8 Å². The monoisotopic (exact) mass is 284 g/mol. The summed E-state index contributed by atoms with van der Waals surface area (Å²) in [5.74, 6) is 0.807. The van der Waals surface area contributed by atoms with Crippen LogP contribution in [0.5, 0.6) is 0 Å². The van der Waals surface area contributed by atoms with Gasteiger partial charge in [-0.1, -0.05) is 6.92 Å². The Hall–Kier alpha value is 0.120. The molecule has 1 atom stereocenters. The van der Waals surface area contributed by atoms with Crippen LogP contribution in [0.25, 0.3) is 0 Å². The fourth-order valence-corrected chi connectivity index (χ4v) is 3.49. The minimum atomic E-state index is -3.42. The van der Waals surface area contributed by atoms with Gasteiger partial charge in [0, 0.05) is 26.1 Å². The van der Waals surface area contributed by atoms with Crippen LogP contribution in [0.4, 0.5) is 0 Å². The second-order valence-electron chi connectivity index (χ2n) is 4.51. The molecule has 1 rings (SSSR count). The van der Waals surface area contributed by atoms with E-state index in [0.29, 0.717) is 19.0 Å². The number of hydrogen-bond donors (Lipinski definition) is 1. The lowest BCUT2D eigenvalue weighted by Gasteiger charge is -2.30. The van der Waals surface area contributed by atoms with Crippen LogP contribution in [0.15, 0.2) is 0 Å². The molecule has 1 N–H and O–H groups in total. The molecule has 7 heteroatoms. The molecule has 0 aromatic heterocycles. The normalized spacial score (nSPS) is 21.6. The summed E-state index contributed by atoms with van der Waals surface area (Å²) < 4.78 is 33.0. The third-order valence-corrected chi connectivity index (χ3v) is 5.00. The quantitative estimate of drug-likeness (QED) is 0.734. The van der Waals surface area contributed by atoms with Gasteiger partial charge in [-0.15, -0.1) is 11.6 Å². The van der Waals surface area contributed by atoms with E-state index in [4.69, 9.17) is 16.3 Å². The lowest BCUT2D eigenvalue weighted by Crippen LogP contribution is -2.49. The van der Waals surface area contributed by atoms with Crippen molar-refractivity contribution in [3.63, 3.8) is 0 Å². The second kappa shape index (κ2) is 6.89. The minimum Gasteiger partial charge on any atom is -0.383 e. The minimum absolute atomic E-state index is 0.206. The molecule has 17 heavy (non-hydrogen) atoms. The largest absolute Gasteiger partial charge is 0.383 e. The van der Waals surface area contributed by atoms with Crippen LogP contribution in [0.3, 0.4) is 0 Å². The van der Waals surface area contributed by atoms with Gasteiger partial charge in [0.05, 0.1) is 12.6 Å². The zero-order valence-corrected chi connectivity index (χ0v) is 11.9. The predicted molar refractivity (Wildman–Crippen MR) is 68.4 cm³/mol. The topological polar surface area (TPSA) is 58.6 Å². The third kappa shape index (κ3) is 4.71. The summed E-state index contributed by atoms with van der Waals surface area (Å²) in [4.78, 5) is 0. The number of hydrogen-bond acceptors (Lipinski definition) is 3. The molecular weight excluding hydrogens is 264 g/mol. The molecule has 5 nitrogen and oxygen atoms in total. The molecule has 0 saturated carbocycles. The molecular formula is C10H21ClN2O3S. The summed E-state index contributed by atoms with van der Waals surface area (Å²) in [7, 11) is -1.90. The van der Waals surface area contributed by atoms with Crippen molar-refractivity contribution in [3.8, 4) is 0 Å². The van der Waals surface area contributed by atoms with Crippen LogP contribution < -0.4 is 4.72 Å². The smallest absolute Gasteiger partial charge is 0.279 e. The Morgan fingerprint density at radius 3 is 2.53 bits per heavy atom. The molecule has 1 aliphatic heterocycles. The van der Waals surface area contributed by atoms with Crippen molar-refractivity contribution in [1.82, 2.24) is 9.03 Å². The Morgan fingerprint density at radius 1 is 1.47 bits per heavy atom. The van der Waals surface area contributed by atoms with Gasteiger partial charge in [-0.2, -0.15) is 17.4 Å². The van der Waals surface area contributed by atoms with Crippen LogP contribution >= 0.6 is 11.6 Å². The molecule has 0 amide bonds. The first-order valence-corrected chi connectivity index (χ1v) is 7.79. The Balaban J connectivity index is 2.55. The summed E-state index contributed by atoms with van der Waals surface area (Å²) >= 11 is 5.69. The van der Waals surface area contributed by atoms with Crippen molar-refractivity contribution in [2.45, 2.75) is 25.8 Å². The second-order valence-corrected chi connectivity index (χ2v) is 6.52. The van der Waals surface area contributed by atoms with Crippen molar-refractivity contribution in [3.05, 3.63) is 0 Å². The summed E-state index contributed by atoms with van der Waals surface area (Å²) in [5, 5.41) is 0. The molecule has 0 bridgehead atoms. The lowest BCUT2D eigenvalue weighted by atomic mass is 10.0. The Bertz CT molecular complexity index is 316. The zero-order chi connectivity index (χ0) is 12.9. The van der Waals surface area contributed by atoms with Gasteiger partial charge in [-0.3, -0.25) is 0 Å². The van der Waals surface area contributed by atoms with Crippen molar-refractivity contribution >= 4 is 21.8 Å². The van der Waals surface area contributed by atoms with E-state index in [1.54, 1.807) is 0 Å². The highest BCUT2D eigenvalue weighted by Crippen LogP contribution is 2.18. The highest BCUT2D eigenvalue weighted by Gasteiger charge is 2.28. The maximum atomic E-state index is 12.0. The van der Waals surface area contributed by atoms with Crippen molar-refractivity contribution in [1.29, 1.82) is 0 Å². The van der Waals surface area contributed by atoms with Gasteiger partial charge < -0.3 is 4.74 Å². The number of halogens is 1. The summed E-state index contributed by atoms with van der Waals surface area (Å²) in [6.07, 6.45) is 1.83. The van der Waals surface area contributed by atoms with E-state index in [2.05, 4.69) is 11.6 Å². The average molecular weight is 285 g/mol. The maximum absolute atomic E-state index is 12.0. The number of alkyl halides is 1. The first-order chi connectivity index (χ1) is 7.99. The van der Waals surface area contributed by atoms with Gasteiger partial charge in [0.15, 0.2) is 0 Å². The molecule has 1 saturated heterocycles. The van der Waals surface area contributed by atoms with E-state index >= 15 is 0 Å². The fraction of sp³-hybridized carbons (Fsp3) is 1.00. The van der Waals surface area contributed by atoms with E-state index in [-0.39, 0.29) is 18.5 Å². The third-order valence-electron chi connectivity index (χ3n) is 2.95. The SMILES string of the molecule is COCC(CCl)NS(=O)(=O)N1CCC(C)CC1. The number of nitrogens with one attached hydrogen (secondary N) is 1. The number of nitrogens with zero attached hydrogens (tertiary/aromatic N) is 1. The van der Waals surface area contributed by atoms with Gasteiger partial charge in [0.1, 0.15) is 0 Å². The van der Waals surface area contributed by atoms with Gasteiger partial charge in [0.25, 0.3) is 10.2 Å². The van der Waals surface area contributed by atoms with Gasteiger partial charge in [0.2, 0.25) is 0 Å². The zero-order valence-electron chi connectivity index (χ0n) is 10.4. The molecule has 0 aromatic rings. The molecule has 1 unspecified atom stereocenters. The van der Waals surface area contributed by atoms with Gasteiger partial charge >= 0.3 is 0 Å². The Morgan fingerprint density at radius 2 is 2.06 bits per heavy atom. The molecule has 0 spiro atoms. The van der Waals surface area contributed by atoms with Crippen molar-refractivity contribution < 1.29 is 13.2 Å². The van der Waals surface area contributed by atoms with Crippen molar-refractivity contribution in [2.75, 3.05) is 32.7 Å². The molecule has 1 fully saturated rings. The van der Waals surface area contributed by atoms with Crippen LogP contribution in [-0.4, -0.2) is 51.5 Å². The summed E-state index contributed by atoms with van der Waals surface area (Å²) in [5.41, 5.74) is 0. The van der Waals surface area contributed by atoms with Gasteiger partial charge in [-0.25, -0.2) is 0 Å². The first kappa shape index (κ1) is 15.2. The first-order valence-electron chi connectivity index (χ1n) is 5.82. The van der Waals surface area contributed by atoms with E-state index in [0.717, 1.165) is 12.8 Å². The fourth-order valence-electron chi connectivity index (χ4n) is 1.82. The standard InChI is InChI=1S/C10H21ClN2O3S/c1-9-3-5-13(6-4-9)17(14,15)12-10(7-11)8-16-2/h9-10,12H,3-8H2,1-2H3. The Kier molecular flexibility index (Phi) is 6.16. The number of ether oxygens (including phenoxy) is 1.